The molecule has 0 aliphatic carbocycles. The van der Waals surface area contributed by atoms with Gasteiger partial charge >= 0.3 is 0 Å². The molecule has 0 saturated heterocycles. The van der Waals surface area contributed by atoms with Crippen LogP contribution in [0.5, 0.6) is 0 Å². The summed E-state index contributed by atoms with van der Waals surface area (Å²) in [6, 6.07) is 0. The highest BCUT2D eigenvalue weighted by Crippen LogP contribution is 2.07. The van der Waals surface area contributed by atoms with Crippen molar-refractivity contribution in [2.75, 3.05) is 0 Å². The zero-order valence-electron chi connectivity index (χ0n) is 10.5. The highest BCUT2D eigenvalue weighted by molar-refractivity contribution is 5.13. The standard InChI is InChI=1S/C15H23/c1-6-14(4)10-8-12-15(5)11-7-9-13(2)3/h1,6,8-10,12,14H,7,11H2,2-5H3/b6-1?,10-8+,15-12+. The minimum atomic E-state index is 0.354. The first-order valence-electron chi connectivity index (χ1n) is 5.58. The molecule has 0 bridgehead atoms. The average molecular weight is 203 g/mol. The van der Waals surface area contributed by atoms with Gasteiger partial charge in [0, 0.05) is 0 Å². The van der Waals surface area contributed by atoms with Gasteiger partial charge in [-0.25, -0.2) is 0 Å². The maximum absolute atomic E-state index is 5.40. The van der Waals surface area contributed by atoms with E-state index in [1.165, 1.54) is 11.1 Å². The minimum Gasteiger partial charge on any atom is -0.0856 e. The molecule has 1 atom stereocenters. The smallest absolute Gasteiger partial charge is 0.00756 e. The zero-order chi connectivity index (χ0) is 11.7. The predicted molar refractivity (Wildman–Crippen MR) is 69.6 cm³/mol. The maximum atomic E-state index is 5.40. The second-order valence-corrected chi connectivity index (χ2v) is 4.27. The van der Waals surface area contributed by atoms with Crippen LogP contribution in [0.3, 0.4) is 0 Å². The fourth-order valence-electron chi connectivity index (χ4n) is 1.13. The summed E-state index contributed by atoms with van der Waals surface area (Å²) in [5.41, 5.74) is 2.80. The lowest BCUT2D eigenvalue weighted by Crippen LogP contribution is -1.80. The van der Waals surface area contributed by atoms with Crippen LogP contribution < -0.4 is 0 Å². The normalized spacial score (nSPS) is 14.0. The Kier molecular flexibility index (Phi) is 7.71. The van der Waals surface area contributed by atoms with Crippen LogP contribution in [-0.4, -0.2) is 0 Å². The first-order valence-corrected chi connectivity index (χ1v) is 5.58. The van der Waals surface area contributed by atoms with E-state index in [0.29, 0.717) is 5.92 Å². The van der Waals surface area contributed by atoms with Crippen LogP contribution in [0.4, 0.5) is 0 Å². The Labute approximate surface area is 95.1 Å². The van der Waals surface area contributed by atoms with Gasteiger partial charge in [0.25, 0.3) is 0 Å². The van der Waals surface area contributed by atoms with E-state index in [0.717, 1.165) is 12.8 Å². The van der Waals surface area contributed by atoms with Crippen molar-refractivity contribution in [2.45, 2.75) is 40.5 Å². The van der Waals surface area contributed by atoms with Crippen molar-refractivity contribution in [2.24, 2.45) is 5.92 Å². The lowest BCUT2D eigenvalue weighted by molar-refractivity contribution is 0.938. The predicted octanol–water partition coefficient (Wildman–Crippen LogP) is 4.86. The second kappa shape index (κ2) is 8.28. The summed E-state index contributed by atoms with van der Waals surface area (Å²) in [4.78, 5) is 0. The molecule has 0 aliphatic rings. The SMILES string of the molecule is [CH]=CC(C)/C=C/C=C(\C)CCC=C(C)C. The molecule has 0 N–H and O–H groups in total. The third-order valence-electron chi connectivity index (χ3n) is 2.19. The molecule has 0 heteroatoms. The number of hydrogen-bond donors (Lipinski definition) is 0. The molecule has 0 spiro atoms. The van der Waals surface area contributed by atoms with E-state index in [1.54, 1.807) is 6.08 Å². The Morgan fingerprint density at radius 2 is 1.93 bits per heavy atom. The molecule has 0 aromatic rings. The molecule has 0 heterocycles. The third-order valence-corrected chi connectivity index (χ3v) is 2.19. The largest absolute Gasteiger partial charge is 0.0856 e. The van der Waals surface area contributed by atoms with Crippen molar-refractivity contribution in [1.29, 1.82) is 0 Å². The average Bonchev–Trinajstić information content (AvgIpc) is 2.17. The summed E-state index contributed by atoms with van der Waals surface area (Å²) in [6.45, 7) is 13.9. The molecule has 0 aromatic carbocycles. The summed E-state index contributed by atoms with van der Waals surface area (Å²) >= 11 is 0. The molecule has 0 nitrogen and oxygen atoms in total. The van der Waals surface area contributed by atoms with Crippen molar-refractivity contribution >= 4 is 0 Å². The lowest BCUT2D eigenvalue weighted by atomic mass is 10.1. The monoisotopic (exact) mass is 203 g/mol. The second-order valence-electron chi connectivity index (χ2n) is 4.27. The Balaban J connectivity index is 3.94. The topological polar surface area (TPSA) is 0 Å². The van der Waals surface area contributed by atoms with Crippen LogP contribution in [0.25, 0.3) is 0 Å². The third kappa shape index (κ3) is 9.27. The summed E-state index contributed by atoms with van der Waals surface area (Å²) in [5, 5.41) is 0. The summed E-state index contributed by atoms with van der Waals surface area (Å²) in [6.07, 6.45) is 12.6. The lowest BCUT2D eigenvalue weighted by Gasteiger charge is -1.97. The molecule has 1 unspecified atom stereocenters. The molecule has 15 heavy (non-hydrogen) atoms. The molecule has 0 aliphatic heterocycles. The molecule has 83 valence electrons. The van der Waals surface area contributed by atoms with Crippen molar-refractivity contribution in [3.05, 3.63) is 48.1 Å². The first kappa shape index (κ1) is 14.0. The van der Waals surface area contributed by atoms with Gasteiger partial charge in [-0.2, -0.15) is 0 Å². The maximum Gasteiger partial charge on any atom is -0.00756 e. The van der Waals surface area contributed by atoms with E-state index in [1.807, 2.05) is 0 Å². The highest BCUT2D eigenvalue weighted by atomic mass is 13.9. The van der Waals surface area contributed by atoms with Gasteiger partial charge in [0.1, 0.15) is 0 Å². The van der Waals surface area contributed by atoms with Gasteiger partial charge in [0.2, 0.25) is 0 Å². The van der Waals surface area contributed by atoms with Crippen LogP contribution in [0.1, 0.15) is 40.5 Å². The Morgan fingerprint density at radius 3 is 2.47 bits per heavy atom. The van der Waals surface area contributed by atoms with E-state index in [4.69, 9.17) is 6.58 Å². The fourth-order valence-corrected chi connectivity index (χ4v) is 1.13. The van der Waals surface area contributed by atoms with Crippen molar-refractivity contribution in [1.82, 2.24) is 0 Å². The molecular formula is C15H23. The highest BCUT2D eigenvalue weighted by Gasteiger charge is 1.88. The number of allylic oxidation sites excluding steroid dienone is 7. The van der Waals surface area contributed by atoms with Gasteiger partial charge in [-0.15, -0.1) is 0 Å². The van der Waals surface area contributed by atoms with Crippen molar-refractivity contribution in [3.8, 4) is 0 Å². The quantitative estimate of drug-likeness (QED) is 0.427. The molecule has 0 amide bonds. The van der Waals surface area contributed by atoms with Gasteiger partial charge < -0.3 is 0 Å². The summed E-state index contributed by atoms with van der Waals surface area (Å²) in [5.74, 6) is 0.354. The molecule has 0 fully saturated rings. The first-order chi connectivity index (χ1) is 7.06. The van der Waals surface area contributed by atoms with Crippen LogP contribution in [0.15, 0.2) is 41.5 Å². The fraction of sp³-hybridized carbons (Fsp3) is 0.467. The molecule has 0 rings (SSSR count). The minimum absolute atomic E-state index is 0.354. The summed E-state index contributed by atoms with van der Waals surface area (Å²) < 4.78 is 0. The van der Waals surface area contributed by atoms with E-state index < -0.39 is 0 Å². The summed E-state index contributed by atoms with van der Waals surface area (Å²) in [7, 11) is 0. The van der Waals surface area contributed by atoms with Gasteiger partial charge in [-0.3, -0.25) is 0 Å². The van der Waals surface area contributed by atoms with Crippen LogP contribution in [-0.2, 0) is 0 Å². The Morgan fingerprint density at radius 1 is 1.27 bits per heavy atom. The molecular weight excluding hydrogens is 180 g/mol. The molecule has 0 saturated carbocycles. The Hall–Kier alpha value is -1.04. The van der Waals surface area contributed by atoms with E-state index in [9.17, 15) is 0 Å². The van der Waals surface area contributed by atoms with Crippen LogP contribution >= 0.6 is 0 Å². The Bertz CT molecular complexity index is 260. The van der Waals surface area contributed by atoms with Gasteiger partial charge in [-0.1, -0.05) is 55.0 Å². The number of rotatable bonds is 6. The van der Waals surface area contributed by atoms with Crippen molar-refractivity contribution in [3.63, 3.8) is 0 Å². The van der Waals surface area contributed by atoms with Crippen LogP contribution in [0.2, 0.25) is 0 Å². The molecule has 1 radical (unpaired) electrons. The van der Waals surface area contributed by atoms with Crippen molar-refractivity contribution < 1.29 is 0 Å². The van der Waals surface area contributed by atoms with E-state index in [-0.39, 0.29) is 0 Å². The van der Waals surface area contributed by atoms with E-state index in [2.05, 4.69) is 52.0 Å². The van der Waals surface area contributed by atoms with Gasteiger partial charge in [0.15, 0.2) is 0 Å². The van der Waals surface area contributed by atoms with Gasteiger partial charge in [0.05, 0.1) is 0 Å². The number of hydrogen-bond acceptors (Lipinski definition) is 0. The van der Waals surface area contributed by atoms with Gasteiger partial charge in [-0.05, 0) is 39.5 Å². The van der Waals surface area contributed by atoms with E-state index >= 15 is 0 Å². The molecule has 0 aromatic heterocycles. The zero-order valence-corrected chi connectivity index (χ0v) is 10.5. The van der Waals surface area contributed by atoms with Crippen LogP contribution in [0, 0.1) is 12.5 Å².